The van der Waals surface area contributed by atoms with Crippen molar-refractivity contribution < 1.29 is 19.4 Å². The van der Waals surface area contributed by atoms with Crippen LogP contribution >= 0.6 is 0 Å². The van der Waals surface area contributed by atoms with Crippen molar-refractivity contribution in [3.8, 4) is 11.1 Å². The van der Waals surface area contributed by atoms with Gasteiger partial charge < -0.3 is 15.6 Å². The monoisotopic (exact) mass is 427 g/mol. The van der Waals surface area contributed by atoms with Gasteiger partial charge in [-0.25, -0.2) is 0 Å². The number of carbonyl (C=O) groups is 2. The molecule has 5 nitrogen and oxygen atoms in total. The van der Waals surface area contributed by atoms with Crippen molar-refractivity contribution in [1.82, 2.24) is 0 Å². The first kappa shape index (κ1) is 21.5. The summed E-state index contributed by atoms with van der Waals surface area (Å²) in [5.41, 5.74) is 11.4. The number of hydrogen-bond donors (Lipinski definition) is 2. The van der Waals surface area contributed by atoms with Crippen molar-refractivity contribution in [1.29, 1.82) is 0 Å². The second-order valence-electron chi connectivity index (χ2n) is 7.89. The lowest BCUT2D eigenvalue weighted by Gasteiger charge is -2.20. The van der Waals surface area contributed by atoms with Crippen LogP contribution in [0.25, 0.3) is 17.2 Å². The Morgan fingerprint density at radius 2 is 1.47 bits per heavy atom. The van der Waals surface area contributed by atoms with E-state index in [1.165, 1.54) is 0 Å². The number of carboxylic acids is 1. The summed E-state index contributed by atoms with van der Waals surface area (Å²) in [7, 11) is 0. The average molecular weight is 428 g/mol. The van der Waals surface area contributed by atoms with Crippen LogP contribution in [0, 0.1) is 5.92 Å². The average Bonchev–Trinajstić information content (AvgIpc) is 3.12. The van der Waals surface area contributed by atoms with Gasteiger partial charge in [0.2, 0.25) is 0 Å². The van der Waals surface area contributed by atoms with E-state index in [0.717, 1.165) is 27.8 Å². The van der Waals surface area contributed by atoms with Crippen LogP contribution < -0.4 is 5.73 Å². The van der Waals surface area contributed by atoms with Gasteiger partial charge in [-0.3, -0.25) is 9.59 Å². The molecule has 0 fully saturated rings. The molecule has 0 bridgehead atoms. The first-order chi connectivity index (χ1) is 15.6. The Hall–Kier alpha value is -3.70. The summed E-state index contributed by atoms with van der Waals surface area (Å²) < 4.78 is 5.53. The maximum Gasteiger partial charge on any atom is 0.321 e. The Balaban J connectivity index is 1.44. The summed E-state index contributed by atoms with van der Waals surface area (Å²) in [5, 5.41) is 9.63. The lowest BCUT2D eigenvalue weighted by molar-refractivity contribution is -0.159. The number of fused-ring (bicyclic) bond motifs is 3. The molecule has 3 aromatic rings. The van der Waals surface area contributed by atoms with E-state index in [0.29, 0.717) is 0 Å². The SMILES string of the molecule is NC(C/C=C/c1ccccc1)[C@H](C(=O)O)C(=O)OCC1c2ccccc2-c2ccccc21. The fraction of sp³-hybridized carbons (Fsp3) is 0.185. The van der Waals surface area contributed by atoms with E-state index in [4.69, 9.17) is 10.5 Å². The normalized spacial score (nSPS) is 14.5. The number of ether oxygens (including phenoxy) is 1. The molecule has 4 rings (SSSR count). The van der Waals surface area contributed by atoms with Gasteiger partial charge in [-0.2, -0.15) is 0 Å². The van der Waals surface area contributed by atoms with Gasteiger partial charge in [-0.15, -0.1) is 0 Å². The van der Waals surface area contributed by atoms with Crippen molar-refractivity contribution >= 4 is 18.0 Å². The molecule has 0 amide bonds. The number of benzene rings is 3. The minimum Gasteiger partial charge on any atom is -0.481 e. The molecule has 0 aliphatic heterocycles. The van der Waals surface area contributed by atoms with Crippen LogP contribution in [0.3, 0.4) is 0 Å². The van der Waals surface area contributed by atoms with Gasteiger partial charge in [-0.05, 0) is 34.2 Å². The third-order valence-corrected chi connectivity index (χ3v) is 5.82. The molecule has 1 aliphatic rings. The smallest absolute Gasteiger partial charge is 0.321 e. The highest BCUT2D eigenvalue weighted by Crippen LogP contribution is 2.44. The maximum absolute atomic E-state index is 12.7. The fourth-order valence-corrected chi connectivity index (χ4v) is 4.21. The van der Waals surface area contributed by atoms with Gasteiger partial charge >= 0.3 is 11.9 Å². The topological polar surface area (TPSA) is 89.6 Å². The molecule has 0 radical (unpaired) electrons. The second-order valence-corrected chi connectivity index (χ2v) is 7.89. The van der Waals surface area contributed by atoms with E-state index in [9.17, 15) is 14.7 Å². The zero-order valence-corrected chi connectivity index (χ0v) is 17.6. The number of aliphatic carboxylic acids is 1. The number of rotatable bonds is 8. The molecule has 0 saturated heterocycles. The molecule has 162 valence electrons. The predicted octanol–water partition coefficient (Wildman–Crippen LogP) is 4.47. The summed E-state index contributed by atoms with van der Waals surface area (Å²) in [6.07, 6.45) is 3.89. The van der Waals surface area contributed by atoms with E-state index in [2.05, 4.69) is 0 Å². The molecular formula is C27H25NO4. The Morgan fingerprint density at radius 1 is 0.906 bits per heavy atom. The third kappa shape index (κ3) is 4.48. The Labute approximate surface area is 187 Å². The van der Waals surface area contributed by atoms with Crippen LogP contribution in [0.5, 0.6) is 0 Å². The minimum absolute atomic E-state index is 0.0726. The molecular weight excluding hydrogens is 402 g/mol. The number of hydrogen-bond acceptors (Lipinski definition) is 4. The molecule has 2 atom stereocenters. The summed E-state index contributed by atoms with van der Waals surface area (Å²) in [4.78, 5) is 24.5. The molecule has 0 saturated carbocycles. The van der Waals surface area contributed by atoms with Crippen LogP contribution in [0.15, 0.2) is 84.9 Å². The highest BCUT2D eigenvalue weighted by Gasteiger charge is 2.35. The summed E-state index contributed by atoms with van der Waals surface area (Å²) in [6, 6.07) is 24.7. The van der Waals surface area contributed by atoms with Crippen molar-refractivity contribution in [2.75, 3.05) is 6.61 Å². The van der Waals surface area contributed by atoms with Gasteiger partial charge in [0.25, 0.3) is 0 Å². The van der Waals surface area contributed by atoms with Gasteiger partial charge in [0.05, 0.1) is 0 Å². The van der Waals surface area contributed by atoms with Crippen LogP contribution in [0.4, 0.5) is 0 Å². The van der Waals surface area contributed by atoms with Crippen LogP contribution in [-0.2, 0) is 14.3 Å². The molecule has 0 heterocycles. The van der Waals surface area contributed by atoms with Gasteiger partial charge in [-0.1, -0.05) is 91.0 Å². The quantitative estimate of drug-likeness (QED) is 0.409. The lowest BCUT2D eigenvalue weighted by atomic mass is 9.96. The molecule has 1 unspecified atom stereocenters. The van der Waals surface area contributed by atoms with Gasteiger partial charge in [0, 0.05) is 12.0 Å². The molecule has 0 spiro atoms. The van der Waals surface area contributed by atoms with E-state index >= 15 is 0 Å². The molecule has 1 aliphatic carbocycles. The molecule has 3 aromatic carbocycles. The van der Waals surface area contributed by atoms with E-state index in [1.54, 1.807) is 6.08 Å². The number of carboxylic acid groups (broad SMARTS) is 1. The van der Waals surface area contributed by atoms with Crippen molar-refractivity contribution in [3.05, 3.63) is 102 Å². The lowest BCUT2D eigenvalue weighted by Crippen LogP contribution is -2.41. The van der Waals surface area contributed by atoms with Gasteiger partial charge in [0.1, 0.15) is 6.61 Å². The first-order valence-corrected chi connectivity index (χ1v) is 10.6. The fourth-order valence-electron chi connectivity index (χ4n) is 4.21. The highest BCUT2D eigenvalue weighted by atomic mass is 16.5. The molecule has 5 heteroatoms. The predicted molar refractivity (Wildman–Crippen MR) is 124 cm³/mol. The molecule has 3 N–H and O–H groups in total. The van der Waals surface area contributed by atoms with Crippen molar-refractivity contribution in [2.24, 2.45) is 11.7 Å². The third-order valence-electron chi connectivity index (χ3n) is 5.82. The first-order valence-electron chi connectivity index (χ1n) is 10.6. The highest BCUT2D eigenvalue weighted by molar-refractivity contribution is 5.95. The van der Waals surface area contributed by atoms with Crippen LogP contribution in [-0.4, -0.2) is 29.7 Å². The molecule has 32 heavy (non-hydrogen) atoms. The summed E-state index contributed by atoms with van der Waals surface area (Å²) in [5.74, 6) is -3.64. The zero-order valence-electron chi connectivity index (χ0n) is 17.6. The number of esters is 1. The van der Waals surface area contributed by atoms with Crippen molar-refractivity contribution in [2.45, 2.75) is 18.4 Å². The Morgan fingerprint density at radius 3 is 2.06 bits per heavy atom. The largest absolute Gasteiger partial charge is 0.481 e. The minimum atomic E-state index is -1.43. The maximum atomic E-state index is 12.7. The van der Waals surface area contributed by atoms with E-state index in [1.807, 2.05) is 84.9 Å². The molecule has 0 aromatic heterocycles. The van der Waals surface area contributed by atoms with Crippen LogP contribution in [0.2, 0.25) is 0 Å². The summed E-state index contributed by atoms with van der Waals surface area (Å²) >= 11 is 0. The standard InChI is InChI=1S/C27H25NO4/c28-24(16-8-11-18-9-2-1-3-10-18)25(26(29)30)27(31)32-17-23-21-14-6-4-12-19(21)20-13-5-7-15-22(20)23/h1-15,23-25H,16-17,28H2,(H,29,30)/b11-8+/t24?,25-/m1/s1. The number of carbonyl (C=O) groups excluding carboxylic acids is 1. The van der Waals surface area contributed by atoms with E-state index < -0.39 is 23.9 Å². The Bertz CT molecular complexity index is 1090. The number of nitrogens with two attached hydrogens (primary N) is 1. The zero-order chi connectivity index (χ0) is 22.5. The van der Waals surface area contributed by atoms with Crippen LogP contribution in [0.1, 0.15) is 29.0 Å². The Kier molecular flexibility index (Phi) is 6.47. The summed E-state index contributed by atoms with van der Waals surface area (Å²) in [6.45, 7) is 0.0726. The second kappa shape index (κ2) is 9.62. The van der Waals surface area contributed by atoms with Crippen molar-refractivity contribution in [3.63, 3.8) is 0 Å². The van der Waals surface area contributed by atoms with Gasteiger partial charge in [0.15, 0.2) is 5.92 Å². The van der Waals surface area contributed by atoms with E-state index in [-0.39, 0.29) is 18.9 Å².